The fourth-order valence-corrected chi connectivity index (χ4v) is 4.22. The van der Waals surface area contributed by atoms with Crippen LogP contribution < -0.4 is 15.8 Å². The standard InChI is InChI=1S/C22H19Cl2F2N3O/c1-11(20-16(23)4-5-17(25)21(20)24)30-19-7-14(9-29-22(19)27)12-2-3-13-8-28-10-18(26)15(13)6-12/h2-7,9,11,18,28H,8,10H2,1H3,(H2,27,29). The number of pyridine rings is 1. The number of nitrogens with one attached hydrogen (secondary N) is 1. The van der Waals surface area contributed by atoms with E-state index in [-0.39, 0.29) is 22.4 Å². The Balaban J connectivity index is 1.66. The summed E-state index contributed by atoms with van der Waals surface area (Å²) in [7, 11) is 0. The maximum Gasteiger partial charge on any atom is 0.166 e. The molecular weight excluding hydrogens is 431 g/mol. The average Bonchev–Trinajstić information content (AvgIpc) is 2.73. The predicted octanol–water partition coefficient (Wildman–Crippen LogP) is 6.03. The van der Waals surface area contributed by atoms with Gasteiger partial charge in [0.2, 0.25) is 0 Å². The van der Waals surface area contributed by atoms with Crippen molar-refractivity contribution >= 4 is 29.0 Å². The summed E-state index contributed by atoms with van der Waals surface area (Å²) in [6.45, 7) is 2.62. The van der Waals surface area contributed by atoms with E-state index in [4.69, 9.17) is 33.7 Å². The smallest absolute Gasteiger partial charge is 0.166 e. The number of alkyl halides is 1. The van der Waals surface area contributed by atoms with Gasteiger partial charge in [0.05, 0.1) is 5.02 Å². The first-order chi connectivity index (χ1) is 14.3. The lowest BCUT2D eigenvalue weighted by molar-refractivity contribution is 0.227. The zero-order valence-electron chi connectivity index (χ0n) is 16.1. The zero-order valence-corrected chi connectivity index (χ0v) is 17.6. The van der Waals surface area contributed by atoms with Gasteiger partial charge in [-0.25, -0.2) is 13.8 Å². The molecule has 2 heterocycles. The van der Waals surface area contributed by atoms with Crippen LogP contribution in [0.1, 0.15) is 35.9 Å². The Morgan fingerprint density at radius 3 is 2.80 bits per heavy atom. The summed E-state index contributed by atoms with van der Waals surface area (Å²) in [5.74, 6) is -0.122. The SMILES string of the molecule is CC(Oc1cc(-c2ccc3c(c2)C(F)CNC3)cnc1N)c1c(Cl)ccc(F)c1Cl. The molecule has 0 saturated carbocycles. The van der Waals surface area contributed by atoms with E-state index >= 15 is 0 Å². The van der Waals surface area contributed by atoms with E-state index in [1.54, 1.807) is 19.2 Å². The Labute approximate surface area is 183 Å². The lowest BCUT2D eigenvalue weighted by Crippen LogP contribution is -2.25. The number of anilines is 1. The highest BCUT2D eigenvalue weighted by Gasteiger charge is 2.22. The largest absolute Gasteiger partial charge is 0.482 e. The molecule has 0 bridgehead atoms. The van der Waals surface area contributed by atoms with Crippen molar-refractivity contribution in [2.75, 3.05) is 12.3 Å². The molecule has 4 rings (SSSR count). The first-order valence-electron chi connectivity index (χ1n) is 9.38. The summed E-state index contributed by atoms with van der Waals surface area (Å²) < 4.78 is 34.1. The van der Waals surface area contributed by atoms with Crippen LogP contribution in [0.2, 0.25) is 10.0 Å². The number of aromatic nitrogens is 1. The molecule has 0 spiro atoms. The minimum absolute atomic E-state index is 0.102. The number of rotatable bonds is 4. The number of hydrogen-bond donors (Lipinski definition) is 2. The third-order valence-electron chi connectivity index (χ3n) is 5.13. The highest BCUT2D eigenvalue weighted by molar-refractivity contribution is 6.36. The second-order valence-electron chi connectivity index (χ2n) is 7.14. The second-order valence-corrected chi connectivity index (χ2v) is 7.92. The van der Waals surface area contributed by atoms with Crippen LogP contribution in [0.3, 0.4) is 0 Å². The maximum atomic E-state index is 14.3. The van der Waals surface area contributed by atoms with Gasteiger partial charge in [-0.05, 0) is 47.9 Å². The number of nitrogens with two attached hydrogens (primary N) is 1. The molecule has 8 heteroatoms. The minimum Gasteiger partial charge on any atom is -0.482 e. The Morgan fingerprint density at radius 1 is 1.20 bits per heavy atom. The van der Waals surface area contributed by atoms with Crippen LogP contribution >= 0.6 is 23.2 Å². The van der Waals surface area contributed by atoms with E-state index < -0.39 is 18.1 Å². The van der Waals surface area contributed by atoms with E-state index in [1.807, 2.05) is 18.2 Å². The van der Waals surface area contributed by atoms with Crippen LogP contribution in [0, 0.1) is 5.82 Å². The van der Waals surface area contributed by atoms with Crippen LogP contribution in [0.15, 0.2) is 42.6 Å². The van der Waals surface area contributed by atoms with Crippen LogP contribution in [-0.2, 0) is 6.54 Å². The van der Waals surface area contributed by atoms with Crippen molar-refractivity contribution in [2.24, 2.45) is 0 Å². The van der Waals surface area contributed by atoms with Crippen molar-refractivity contribution in [2.45, 2.75) is 25.7 Å². The summed E-state index contributed by atoms with van der Waals surface area (Å²) in [6, 6.07) is 9.96. The molecule has 0 radical (unpaired) electrons. The fraction of sp³-hybridized carbons (Fsp3) is 0.227. The molecule has 156 valence electrons. The highest BCUT2D eigenvalue weighted by atomic mass is 35.5. The van der Waals surface area contributed by atoms with Gasteiger partial charge < -0.3 is 15.8 Å². The molecular formula is C22H19Cl2F2N3O. The van der Waals surface area contributed by atoms with Gasteiger partial charge in [0.15, 0.2) is 11.6 Å². The van der Waals surface area contributed by atoms with Gasteiger partial charge in [0, 0.05) is 35.4 Å². The van der Waals surface area contributed by atoms with Crippen molar-refractivity contribution in [3.63, 3.8) is 0 Å². The lowest BCUT2D eigenvalue weighted by Gasteiger charge is -2.22. The molecule has 30 heavy (non-hydrogen) atoms. The summed E-state index contributed by atoms with van der Waals surface area (Å²) >= 11 is 12.3. The summed E-state index contributed by atoms with van der Waals surface area (Å²) in [5, 5.41) is 3.23. The Morgan fingerprint density at radius 2 is 2.00 bits per heavy atom. The molecule has 2 aromatic carbocycles. The molecule has 3 aromatic rings. The first-order valence-corrected chi connectivity index (χ1v) is 10.1. The van der Waals surface area contributed by atoms with E-state index in [0.29, 0.717) is 23.4 Å². The Hall–Kier alpha value is -2.41. The molecule has 4 nitrogen and oxygen atoms in total. The predicted molar refractivity (Wildman–Crippen MR) is 115 cm³/mol. The van der Waals surface area contributed by atoms with Crippen molar-refractivity contribution in [1.82, 2.24) is 10.3 Å². The van der Waals surface area contributed by atoms with E-state index in [1.165, 1.54) is 12.1 Å². The number of nitrogens with zero attached hydrogens (tertiary/aromatic N) is 1. The zero-order chi connectivity index (χ0) is 21.4. The number of halogens is 4. The molecule has 2 unspecified atom stereocenters. The number of hydrogen-bond acceptors (Lipinski definition) is 4. The fourth-order valence-electron chi connectivity index (χ4n) is 3.54. The molecule has 1 aromatic heterocycles. The van der Waals surface area contributed by atoms with E-state index in [0.717, 1.165) is 16.7 Å². The van der Waals surface area contributed by atoms with Crippen molar-refractivity contribution in [3.05, 3.63) is 75.1 Å². The van der Waals surface area contributed by atoms with Gasteiger partial charge in [-0.3, -0.25) is 0 Å². The molecule has 1 aliphatic rings. The number of benzene rings is 2. The van der Waals surface area contributed by atoms with Crippen LogP contribution in [0.5, 0.6) is 5.75 Å². The normalized spacial score (nSPS) is 16.8. The third kappa shape index (κ3) is 3.95. The number of fused-ring (bicyclic) bond motifs is 1. The average molecular weight is 450 g/mol. The molecule has 0 amide bonds. The number of nitrogen functional groups attached to an aromatic ring is 1. The summed E-state index contributed by atoms with van der Waals surface area (Å²) in [4.78, 5) is 4.20. The van der Waals surface area contributed by atoms with Crippen LogP contribution in [0.4, 0.5) is 14.6 Å². The van der Waals surface area contributed by atoms with Gasteiger partial charge in [0.25, 0.3) is 0 Å². The molecule has 0 aliphatic carbocycles. The van der Waals surface area contributed by atoms with E-state index in [2.05, 4.69) is 10.3 Å². The maximum absolute atomic E-state index is 14.3. The van der Waals surface area contributed by atoms with Crippen LogP contribution in [0.25, 0.3) is 11.1 Å². The van der Waals surface area contributed by atoms with Crippen molar-refractivity contribution < 1.29 is 13.5 Å². The van der Waals surface area contributed by atoms with E-state index in [9.17, 15) is 8.78 Å². The molecule has 2 atom stereocenters. The van der Waals surface area contributed by atoms with Crippen LogP contribution in [-0.4, -0.2) is 11.5 Å². The topological polar surface area (TPSA) is 60.2 Å². The van der Waals surface area contributed by atoms with Gasteiger partial charge in [-0.2, -0.15) is 0 Å². The van der Waals surface area contributed by atoms with Gasteiger partial charge in [-0.1, -0.05) is 35.3 Å². The lowest BCUT2D eigenvalue weighted by atomic mass is 9.95. The van der Waals surface area contributed by atoms with Gasteiger partial charge in [-0.15, -0.1) is 0 Å². The number of ether oxygens (including phenoxy) is 1. The quantitative estimate of drug-likeness (QED) is 0.477. The minimum atomic E-state index is -1.07. The van der Waals surface area contributed by atoms with Crippen molar-refractivity contribution in [3.8, 4) is 16.9 Å². The van der Waals surface area contributed by atoms with Gasteiger partial charge in [0.1, 0.15) is 18.1 Å². The Bertz CT molecular complexity index is 1110. The van der Waals surface area contributed by atoms with Crippen molar-refractivity contribution in [1.29, 1.82) is 0 Å². The summed E-state index contributed by atoms with van der Waals surface area (Å²) in [5.41, 5.74) is 9.42. The summed E-state index contributed by atoms with van der Waals surface area (Å²) in [6.07, 6.45) is -0.140. The third-order valence-corrected chi connectivity index (χ3v) is 5.84. The molecule has 0 fully saturated rings. The molecule has 1 aliphatic heterocycles. The molecule has 0 saturated heterocycles. The second kappa shape index (κ2) is 8.38. The molecule has 3 N–H and O–H groups in total. The van der Waals surface area contributed by atoms with Gasteiger partial charge >= 0.3 is 0 Å². The first kappa shape index (κ1) is 20.8. The monoisotopic (exact) mass is 449 g/mol. The Kier molecular flexibility index (Phi) is 5.82. The highest BCUT2D eigenvalue weighted by Crippen LogP contribution is 2.37.